The summed E-state index contributed by atoms with van der Waals surface area (Å²) in [6, 6.07) is 0.704. The SMILES string of the molecule is CCNC1CC(OCCCOC)C12CCCCC2. The van der Waals surface area contributed by atoms with Crippen LogP contribution >= 0.6 is 0 Å². The van der Waals surface area contributed by atoms with E-state index in [0.29, 0.717) is 17.6 Å². The van der Waals surface area contributed by atoms with Crippen molar-refractivity contribution in [3.8, 4) is 0 Å². The van der Waals surface area contributed by atoms with Crippen molar-refractivity contribution >= 4 is 0 Å². The van der Waals surface area contributed by atoms with E-state index < -0.39 is 0 Å². The van der Waals surface area contributed by atoms with Crippen LogP contribution in [0.4, 0.5) is 0 Å². The maximum atomic E-state index is 6.13. The number of rotatable bonds is 7. The van der Waals surface area contributed by atoms with Gasteiger partial charge in [0.25, 0.3) is 0 Å². The first kappa shape index (κ1) is 14.3. The molecule has 0 heterocycles. The molecule has 0 aromatic carbocycles. The average molecular weight is 255 g/mol. The van der Waals surface area contributed by atoms with Crippen LogP contribution in [0.1, 0.15) is 51.9 Å². The summed E-state index contributed by atoms with van der Waals surface area (Å²) >= 11 is 0. The van der Waals surface area contributed by atoms with Crippen LogP contribution in [0.25, 0.3) is 0 Å². The number of hydrogen-bond acceptors (Lipinski definition) is 3. The molecule has 2 unspecified atom stereocenters. The highest BCUT2D eigenvalue weighted by Crippen LogP contribution is 2.53. The highest BCUT2D eigenvalue weighted by molar-refractivity contribution is 5.08. The normalized spacial score (nSPS) is 30.3. The van der Waals surface area contributed by atoms with E-state index in [4.69, 9.17) is 9.47 Å². The molecule has 0 saturated heterocycles. The van der Waals surface area contributed by atoms with Crippen molar-refractivity contribution in [3.05, 3.63) is 0 Å². The van der Waals surface area contributed by atoms with Gasteiger partial charge < -0.3 is 14.8 Å². The topological polar surface area (TPSA) is 30.5 Å². The van der Waals surface area contributed by atoms with Crippen LogP contribution in [0, 0.1) is 5.41 Å². The fraction of sp³-hybridized carbons (Fsp3) is 1.00. The number of methoxy groups -OCH3 is 1. The van der Waals surface area contributed by atoms with Crippen LogP contribution in [0.2, 0.25) is 0 Å². The molecule has 0 aliphatic heterocycles. The molecule has 3 nitrogen and oxygen atoms in total. The van der Waals surface area contributed by atoms with Crippen LogP contribution in [-0.2, 0) is 9.47 Å². The fourth-order valence-electron chi connectivity index (χ4n) is 3.82. The summed E-state index contributed by atoms with van der Waals surface area (Å²) in [5.74, 6) is 0. The van der Waals surface area contributed by atoms with Crippen molar-refractivity contribution in [1.82, 2.24) is 5.32 Å². The minimum atomic E-state index is 0.460. The van der Waals surface area contributed by atoms with Crippen LogP contribution in [0.15, 0.2) is 0 Å². The third-order valence-electron chi connectivity index (χ3n) is 4.83. The molecule has 0 aromatic heterocycles. The molecule has 18 heavy (non-hydrogen) atoms. The van der Waals surface area contributed by atoms with E-state index in [1.165, 1.54) is 38.5 Å². The second kappa shape index (κ2) is 6.88. The van der Waals surface area contributed by atoms with Crippen molar-refractivity contribution in [2.24, 2.45) is 5.41 Å². The highest BCUT2D eigenvalue weighted by Gasteiger charge is 2.55. The van der Waals surface area contributed by atoms with Crippen molar-refractivity contribution < 1.29 is 9.47 Å². The summed E-state index contributed by atoms with van der Waals surface area (Å²) in [7, 11) is 1.76. The Morgan fingerprint density at radius 1 is 1.17 bits per heavy atom. The molecule has 3 heteroatoms. The molecule has 2 aliphatic carbocycles. The molecule has 2 saturated carbocycles. The smallest absolute Gasteiger partial charge is 0.0661 e. The standard InChI is InChI=1S/C15H29NO2/c1-3-16-13-12-14(18-11-7-10-17-2)15(13)8-5-4-6-9-15/h13-14,16H,3-12H2,1-2H3. The third kappa shape index (κ3) is 2.89. The van der Waals surface area contributed by atoms with Crippen LogP contribution in [0.5, 0.6) is 0 Å². The van der Waals surface area contributed by atoms with Gasteiger partial charge in [-0.15, -0.1) is 0 Å². The second-order valence-corrected chi connectivity index (χ2v) is 5.85. The molecule has 0 amide bonds. The van der Waals surface area contributed by atoms with Crippen molar-refractivity contribution in [2.45, 2.75) is 64.0 Å². The van der Waals surface area contributed by atoms with Gasteiger partial charge in [0.05, 0.1) is 6.10 Å². The van der Waals surface area contributed by atoms with E-state index in [9.17, 15) is 0 Å². The van der Waals surface area contributed by atoms with E-state index >= 15 is 0 Å². The lowest BCUT2D eigenvalue weighted by molar-refractivity contribution is -0.153. The van der Waals surface area contributed by atoms with Crippen molar-refractivity contribution in [1.29, 1.82) is 0 Å². The molecule has 2 fully saturated rings. The summed E-state index contributed by atoms with van der Waals surface area (Å²) in [5.41, 5.74) is 0.460. The van der Waals surface area contributed by atoms with Gasteiger partial charge in [0.15, 0.2) is 0 Å². The Bertz CT molecular complexity index is 239. The Labute approximate surface area is 112 Å². The predicted molar refractivity (Wildman–Crippen MR) is 73.8 cm³/mol. The lowest BCUT2D eigenvalue weighted by atomic mass is 9.55. The van der Waals surface area contributed by atoms with Crippen LogP contribution in [-0.4, -0.2) is 39.0 Å². The molecular weight excluding hydrogens is 226 g/mol. The summed E-state index contributed by atoms with van der Waals surface area (Å²) in [4.78, 5) is 0. The molecule has 1 N–H and O–H groups in total. The van der Waals surface area contributed by atoms with Gasteiger partial charge in [-0.05, 0) is 32.2 Å². The third-order valence-corrected chi connectivity index (χ3v) is 4.83. The quantitative estimate of drug-likeness (QED) is 0.710. The zero-order chi connectivity index (χ0) is 12.8. The van der Waals surface area contributed by atoms with Gasteiger partial charge in [0.1, 0.15) is 0 Å². The molecule has 0 aromatic rings. The van der Waals surface area contributed by atoms with E-state index in [1.807, 2.05) is 0 Å². The van der Waals surface area contributed by atoms with Gasteiger partial charge in [0.2, 0.25) is 0 Å². The van der Waals surface area contributed by atoms with Crippen LogP contribution in [0.3, 0.4) is 0 Å². The lowest BCUT2D eigenvalue weighted by Gasteiger charge is -2.58. The van der Waals surface area contributed by atoms with Crippen molar-refractivity contribution in [2.75, 3.05) is 26.9 Å². The summed E-state index contributed by atoms with van der Waals surface area (Å²) in [6.45, 7) is 4.97. The Hall–Kier alpha value is -0.120. The number of hydrogen-bond donors (Lipinski definition) is 1. The molecular formula is C15H29NO2. The second-order valence-electron chi connectivity index (χ2n) is 5.85. The largest absolute Gasteiger partial charge is 0.385 e. The fourth-order valence-corrected chi connectivity index (χ4v) is 3.82. The molecule has 2 atom stereocenters. The molecule has 2 rings (SSSR count). The maximum Gasteiger partial charge on any atom is 0.0661 e. The van der Waals surface area contributed by atoms with E-state index in [1.54, 1.807) is 7.11 Å². The van der Waals surface area contributed by atoms with Crippen LogP contribution < -0.4 is 5.32 Å². The molecule has 0 radical (unpaired) electrons. The minimum Gasteiger partial charge on any atom is -0.385 e. The first-order valence-electron chi connectivity index (χ1n) is 7.67. The van der Waals surface area contributed by atoms with Crippen molar-refractivity contribution in [3.63, 3.8) is 0 Å². The van der Waals surface area contributed by atoms with E-state index in [-0.39, 0.29) is 0 Å². The van der Waals surface area contributed by atoms with Gasteiger partial charge in [-0.1, -0.05) is 26.2 Å². The Balaban J connectivity index is 1.82. The predicted octanol–water partition coefficient (Wildman–Crippen LogP) is 2.74. The zero-order valence-corrected chi connectivity index (χ0v) is 12.0. The Kier molecular flexibility index (Phi) is 5.46. The number of ether oxygens (including phenoxy) is 2. The zero-order valence-electron chi connectivity index (χ0n) is 12.0. The van der Waals surface area contributed by atoms with Gasteiger partial charge in [0, 0.05) is 31.8 Å². The molecule has 1 spiro atoms. The Morgan fingerprint density at radius 2 is 1.94 bits per heavy atom. The van der Waals surface area contributed by atoms with E-state index in [2.05, 4.69) is 12.2 Å². The summed E-state index contributed by atoms with van der Waals surface area (Å²) in [5, 5.41) is 3.67. The summed E-state index contributed by atoms with van der Waals surface area (Å²) < 4.78 is 11.2. The average Bonchev–Trinajstić information content (AvgIpc) is 2.42. The highest BCUT2D eigenvalue weighted by atomic mass is 16.5. The monoisotopic (exact) mass is 255 g/mol. The molecule has 106 valence electrons. The number of nitrogens with one attached hydrogen (secondary N) is 1. The first-order valence-corrected chi connectivity index (χ1v) is 7.67. The molecule has 2 aliphatic rings. The maximum absolute atomic E-state index is 6.13. The van der Waals surface area contributed by atoms with Gasteiger partial charge in [-0.25, -0.2) is 0 Å². The Morgan fingerprint density at radius 3 is 2.61 bits per heavy atom. The van der Waals surface area contributed by atoms with Gasteiger partial charge in [-0.2, -0.15) is 0 Å². The lowest BCUT2D eigenvalue weighted by Crippen LogP contribution is -2.64. The summed E-state index contributed by atoms with van der Waals surface area (Å²) in [6.07, 6.45) is 9.64. The first-order chi connectivity index (χ1) is 8.83. The van der Waals surface area contributed by atoms with E-state index in [0.717, 1.165) is 26.2 Å². The van der Waals surface area contributed by atoms with Gasteiger partial charge >= 0.3 is 0 Å². The van der Waals surface area contributed by atoms with Gasteiger partial charge in [-0.3, -0.25) is 0 Å². The minimum absolute atomic E-state index is 0.460. The molecule has 0 bridgehead atoms.